The molecule has 0 amide bonds. The second kappa shape index (κ2) is 9.62. The summed E-state index contributed by atoms with van der Waals surface area (Å²) in [5.41, 5.74) is 1.98. The molecule has 3 aromatic rings. The van der Waals surface area contributed by atoms with E-state index in [-0.39, 0.29) is 5.30 Å². The average Bonchev–Trinajstić information content (AvgIpc) is 3.16. The lowest BCUT2D eigenvalue weighted by Gasteiger charge is -2.22. The van der Waals surface area contributed by atoms with Gasteiger partial charge in [-0.25, -0.2) is 15.0 Å². The van der Waals surface area contributed by atoms with Gasteiger partial charge in [0.25, 0.3) is 0 Å². The predicted molar refractivity (Wildman–Crippen MR) is 126 cm³/mol. The van der Waals surface area contributed by atoms with E-state index in [2.05, 4.69) is 15.6 Å². The lowest BCUT2D eigenvalue weighted by molar-refractivity contribution is 0.367. The van der Waals surface area contributed by atoms with Gasteiger partial charge in [0.05, 0.1) is 6.33 Å². The van der Waals surface area contributed by atoms with Crippen LogP contribution in [0.5, 0.6) is 0 Å². The number of hydrogen-bond donors (Lipinski definition) is 5. The summed E-state index contributed by atoms with van der Waals surface area (Å²) in [4.78, 5) is 42.2. The SMILES string of the molecule is CCn1cnc2c(Nc3ccc(P(=O)(O)CP(=O)(O)O)cc3)nc(CC3CCNCC3)nc21. The van der Waals surface area contributed by atoms with E-state index in [4.69, 9.17) is 19.8 Å². The first-order valence-corrected chi connectivity index (χ1v) is 14.5. The summed E-state index contributed by atoms with van der Waals surface area (Å²) in [7, 11) is -8.80. The van der Waals surface area contributed by atoms with E-state index >= 15 is 0 Å². The van der Waals surface area contributed by atoms with Crippen LogP contribution < -0.4 is 15.9 Å². The molecule has 3 heterocycles. The van der Waals surface area contributed by atoms with Crippen LogP contribution in [0.25, 0.3) is 11.2 Å². The van der Waals surface area contributed by atoms with E-state index in [1.54, 1.807) is 18.5 Å². The third-order valence-electron chi connectivity index (χ3n) is 5.69. The van der Waals surface area contributed by atoms with Crippen molar-refractivity contribution in [3.63, 3.8) is 0 Å². The second-order valence-corrected chi connectivity index (χ2v) is 12.6. The van der Waals surface area contributed by atoms with E-state index in [1.165, 1.54) is 12.1 Å². The lowest BCUT2D eigenvalue weighted by Crippen LogP contribution is -2.29. The molecule has 5 N–H and O–H groups in total. The van der Waals surface area contributed by atoms with Gasteiger partial charge in [-0.3, -0.25) is 9.13 Å². The number of aryl methyl sites for hydroxylation is 1. The van der Waals surface area contributed by atoms with Crippen molar-refractivity contribution in [2.45, 2.75) is 32.7 Å². The molecule has 1 fully saturated rings. The summed E-state index contributed by atoms with van der Waals surface area (Å²) >= 11 is 0. The van der Waals surface area contributed by atoms with Crippen molar-refractivity contribution in [1.82, 2.24) is 24.8 Å². The molecule has 178 valence electrons. The van der Waals surface area contributed by atoms with Gasteiger partial charge < -0.3 is 29.9 Å². The third-order valence-corrected chi connectivity index (χ3v) is 9.80. The number of imidazole rings is 1. The zero-order valence-electron chi connectivity index (χ0n) is 18.3. The van der Waals surface area contributed by atoms with Crippen LogP contribution >= 0.6 is 15.0 Å². The molecule has 1 aliphatic rings. The van der Waals surface area contributed by atoms with Crippen molar-refractivity contribution in [3.8, 4) is 0 Å². The maximum Gasteiger partial charge on any atom is 0.335 e. The lowest BCUT2D eigenvalue weighted by atomic mass is 9.94. The van der Waals surface area contributed by atoms with Crippen molar-refractivity contribution >= 4 is 42.9 Å². The summed E-state index contributed by atoms with van der Waals surface area (Å²) in [6.07, 6.45) is 4.66. The van der Waals surface area contributed by atoms with Crippen LogP contribution in [0.15, 0.2) is 30.6 Å². The zero-order chi connectivity index (χ0) is 23.6. The van der Waals surface area contributed by atoms with E-state index in [0.717, 1.165) is 50.4 Å². The number of nitrogens with one attached hydrogen (secondary N) is 2. The van der Waals surface area contributed by atoms with Gasteiger partial charge in [0.15, 0.2) is 17.0 Å². The minimum Gasteiger partial charge on any atom is -0.341 e. The fourth-order valence-corrected chi connectivity index (χ4v) is 7.25. The largest absolute Gasteiger partial charge is 0.341 e. The molecule has 1 unspecified atom stereocenters. The van der Waals surface area contributed by atoms with Gasteiger partial charge in [0, 0.05) is 24.0 Å². The molecule has 1 aromatic carbocycles. The highest BCUT2D eigenvalue weighted by atomic mass is 31.2. The number of nitrogens with zero attached hydrogens (tertiary/aromatic N) is 4. The van der Waals surface area contributed by atoms with Crippen molar-refractivity contribution in [1.29, 1.82) is 0 Å². The highest BCUT2D eigenvalue weighted by Gasteiger charge is 2.31. The van der Waals surface area contributed by atoms with E-state index in [9.17, 15) is 14.0 Å². The van der Waals surface area contributed by atoms with Gasteiger partial charge in [0.2, 0.25) is 7.37 Å². The van der Waals surface area contributed by atoms with Crippen LogP contribution in [0.1, 0.15) is 25.6 Å². The van der Waals surface area contributed by atoms with Crippen LogP contribution in [0.2, 0.25) is 0 Å². The molecule has 0 saturated carbocycles. The summed E-state index contributed by atoms with van der Waals surface area (Å²) in [6.45, 7) is 4.73. The molecule has 13 heteroatoms. The standard InChI is InChI=1S/C20H28N6O5P2/c1-2-26-12-22-18-19(24-17(25-20(18)26)11-14-7-9-21-10-8-14)23-15-3-5-16(6-4-15)32(27,28)13-33(29,30)31/h3-6,12,14,21H,2,7-11,13H2,1H3,(H,27,28)(H,23,24,25)(H2,29,30,31). The molecule has 1 saturated heterocycles. The zero-order valence-corrected chi connectivity index (χ0v) is 20.0. The van der Waals surface area contributed by atoms with Gasteiger partial charge in [0.1, 0.15) is 11.7 Å². The average molecular weight is 494 g/mol. The number of rotatable bonds is 8. The van der Waals surface area contributed by atoms with Gasteiger partial charge in [-0.2, -0.15) is 0 Å². The maximum absolute atomic E-state index is 12.4. The number of benzene rings is 1. The number of fused-ring (bicyclic) bond motifs is 1. The molecule has 33 heavy (non-hydrogen) atoms. The highest BCUT2D eigenvalue weighted by molar-refractivity contribution is 7.77. The minimum absolute atomic E-state index is 0.0222. The molecule has 0 bridgehead atoms. The third kappa shape index (κ3) is 5.87. The Morgan fingerprint density at radius 1 is 1.12 bits per heavy atom. The number of aromatic nitrogens is 4. The van der Waals surface area contributed by atoms with Gasteiger partial charge in [-0.1, -0.05) is 0 Å². The number of piperidine rings is 1. The molecule has 11 nitrogen and oxygen atoms in total. The van der Waals surface area contributed by atoms with Crippen molar-refractivity contribution in [3.05, 3.63) is 36.4 Å². The van der Waals surface area contributed by atoms with Crippen molar-refractivity contribution in [2.24, 2.45) is 5.92 Å². The van der Waals surface area contributed by atoms with Crippen molar-refractivity contribution in [2.75, 3.05) is 24.3 Å². The van der Waals surface area contributed by atoms with Gasteiger partial charge >= 0.3 is 7.60 Å². The van der Waals surface area contributed by atoms with Gasteiger partial charge in [-0.05, 0) is 63.0 Å². The molecule has 0 aliphatic carbocycles. The molecule has 1 atom stereocenters. The summed E-state index contributed by atoms with van der Waals surface area (Å²) in [5.74, 6) is 0.714. The Bertz CT molecular complexity index is 1220. The van der Waals surface area contributed by atoms with E-state index in [0.29, 0.717) is 22.9 Å². The normalized spacial score (nSPS) is 17.2. The number of hydrogen-bond acceptors (Lipinski definition) is 7. The fourth-order valence-electron chi connectivity index (χ4n) is 3.99. The Balaban J connectivity index is 1.61. The first kappa shape index (κ1) is 24.0. The van der Waals surface area contributed by atoms with Crippen LogP contribution in [0, 0.1) is 5.92 Å². The topological polar surface area (TPSA) is 162 Å². The first-order valence-electron chi connectivity index (χ1n) is 10.8. The highest BCUT2D eigenvalue weighted by Crippen LogP contribution is 2.53. The summed E-state index contributed by atoms with van der Waals surface area (Å²) in [5, 5.41) is 6.57. The maximum atomic E-state index is 12.4. The molecule has 2 aromatic heterocycles. The van der Waals surface area contributed by atoms with Crippen LogP contribution in [0.3, 0.4) is 0 Å². The summed E-state index contributed by atoms with van der Waals surface area (Å²) in [6, 6.07) is 5.93. The Morgan fingerprint density at radius 2 is 1.82 bits per heavy atom. The fraction of sp³-hybridized carbons (Fsp3) is 0.450. The van der Waals surface area contributed by atoms with E-state index < -0.39 is 20.9 Å². The molecular weight excluding hydrogens is 466 g/mol. The van der Waals surface area contributed by atoms with Gasteiger partial charge in [-0.15, -0.1) is 0 Å². The Kier molecular flexibility index (Phi) is 7.00. The Hall–Kier alpha value is -2.13. The molecular formula is C20H28N6O5P2. The van der Waals surface area contributed by atoms with Crippen LogP contribution in [-0.2, 0) is 22.1 Å². The molecule has 0 radical (unpaired) electrons. The molecule has 1 aliphatic heterocycles. The summed E-state index contributed by atoms with van der Waals surface area (Å²) < 4.78 is 25.5. The van der Waals surface area contributed by atoms with E-state index in [1.807, 2.05) is 11.5 Å². The predicted octanol–water partition coefficient (Wildman–Crippen LogP) is 2.16. The first-order chi connectivity index (χ1) is 15.6. The number of anilines is 2. The smallest absolute Gasteiger partial charge is 0.335 e. The van der Waals surface area contributed by atoms with Crippen molar-refractivity contribution < 1.29 is 23.8 Å². The molecule has 0 spiro atoms. The Morgan fingerprint density at radius 3 is 2.45 bits per heavy atom. The monoisotopic (exact) mass is 494 g/mol. The van der Waals surface area contributed by atoms with Crippen LogP contribution in [0.4, 0.5) is 11.5 Å². The second-order valence-electron chi connectivity index (χ2n) is 8.27. The quantitative estimate of drug-likeness (QED) is 0.293. The Labute approximate surface area is 191 Å². The van der Waals surface area contributed by atoms with Crippen LogP contribution in [-0.4, -0.2) is 53.2 Å². The molecule has 4 rings (SSSR count). The minimum atomic E-state index is -4.63.